The fraction of sp³-hybridized carbons (Fsp3) is 0.647. The standard InChI is InChI=1S/C17H27N5O3/c1-4-25-17(24)22-7-5-13(6-8-22)21-16(23)14-10-20-15(11-18-14)19-9-12(2)3/h10-13H,4-9H2,1-3H3,(H,19,20)(H,21,23). The lowest BCUT2D eigenvalue weighted by Crippen LogP contribution is -2.46. The summed E-state index contributed by atoms with van der Waals surface area (Å²) in [7, 11) is 0. The van der Waals surface area contributed by atoms with E-state index >= 15 is 0 Å². The first kappa shape index (κ1) is 19.0. The molecular formula is C17H27N5O3. The highest BCUT2D eigenvalue weighted by Crippen LogP contribution is 2.12. The number of nitrogens with zero attached hydrogens (tertiary/aromatic N) is 3. The van der Waals surface area contributed by atoms with Gasteiger partial charge in [-0.1, -0.05) is 13.8 Å². The van der Waals surface area contributed by atoms with Crippen molar-refractivity contribution in [3.8, 4) is 0 Å². The molecule has 138 valence electrons. The van der Waals surface area contributed by atoms with Crippen LogP contribution in [-0.4, -0.2) is 59.2 Å². The van der Waals surface area contributed by atoms with E-state index in [0.717, 1.165) is 6.54 Å². The largest absolute Gasteiger partial charge is 0.450 e. The molecule has 1 saturated heterocycles. The first-order chi connectivity index (χ1) is 12.0. The molecule has 2 N–H and O–H groups in total. The Morgan fingerprint density at radius 2 is 2.00 bits per heavy atom. The summed E-state index contributed by atoms with van der Waals surface area (Å²) in [6.45, 7) is 8.33. The molecule has 8 heteroatoms. The summed E-state index contributed by atoms with van der Waals surface area (Å²) in [6, 6.07) is 0.0266. The van der Waals surface area contributed by atoms with E-state index in [1.807, 2.05) is 0 Å². The normalized spacial score (nSPS) is 15.1. The zero-order chi connectivity index (χ0) is 18.2. The molecular weight excluding hydrogens is 322 g/mol. The number of hydrogen-bond donors (Lipinski definition) is 2. The Bertz CT molecular complexity index is 568. The monoisotopic (exact) mass is 349 g/mol. The van der Waals surface area contributed by atoms with Gasteiger partial charge in [0.05, 0.1) is 19.0 Å². The van der Waals surface area contributed by atoms with E-state index in [0.29, 0.717) is 50.0 Å². The van der Waals surface area contributed by atoms with Crippen LogP contribution >= 0.6 is 0 Å². The molecule has 1 aromatic heterocycles. The van der Waals surface area contributed by atoms with Crippen LogP contribution in [0.2, 0.25) is 0 Å². The van der Waals surface area contributed by atoms with Crippen molar-refractivity contribution in [3.05, 3.63) is 18.1 Å². The lowest BCUT2D eigenvalue weighted by Gasteiger charge is -2.31. The van der Waals surface area contributed by atoms with Crippen LogP contribution in [0.15, 0.2) is 12.4 Å². The Labute approximate surface area is 148 Å². The maximum absolute atomic E-state index is 12.3. The van der Waals surface area contributed by atoms with Crippen LogP contribution in [0.4, 0.5) is 10.6 Å². The van der Waals surface area contributed by atoms with E-state index < -0.39 is 0 Å². The highest BCUT2D eigenvalue weighted by molar-refractivity contribution is 5.92. The molecule has 0 atom stereocenters. The fourth-order valence-electron chi connectivity index (χ4n) is 2.53. The Balaban J connectivity index is 1.79. The topological polar surface area (TPSA) is 96.5 Å². The molecule has 0 aliphatic carbocycles. The van der Waals surface area contributed by atoms with Crippen LogP contribution in [0.5, 0.6) is 0 Å². The molecule has 25 heavy (non-hydrogen) atoms. The number of nitrogens with one attached hydrogen (secondary N) is 2. The molecule has 0 radical (unpaired) electrons. The molecule has 0 aromatic carbocycles. The Morgan fingerprint density at radius 1 is 1.28 bits per heavy atom. The van der Waals surface area contributed by atoms with Gasteiger partial charge in [-0.2, -0.15) is 0 Å². The zero-order valence-corrected chi connectivity index (χ0v) is 15.1. The number of piperidine rings is 1. The molecule has 0 spiro atoms. The van der Waals surface area contributed by atoms with Crippen LogP contribution in [0.25, 0.3) is 0 Å². The quantitative estimate of drug-likeness (QED) is 0.814. The lowest BCUT2D eigenvalue weighted by atomic mass is 10.1. The number of aromatic nitrogens is 2. The number of rotatable bonds is 6. The summed E-state index contributed by atoms with van der Waals surface area (Å²) in [5.74, 6) is 0.927. The van der Waals surface area contributed by atoms with Gasteiger partial charge in [0.2, 0.25) is 0 Å². The van der Waals surface area contributed by atoms with Gasteiger partial charge < -0.3 is 20.3 Å². The van der Waals surface area contributed by atoms with Crippen LogP contribution < -0.4 is 10.6 Å². The van der Waals surface area contributed by atoms with Gasteiger partial charge in [-0.15, -0.1) is 0 Å². The maximum atomic E-state index is 12.3. The predicted molar refractivity (Wildman–Crippen MR) is 94.4 cm³/mol. The number of likely N-dealkylation sites (tertiary alicyclic amines) is 1. The summed E-state index contributed by atoms with van der Waals surface area (Å²) >= 11 is 0. The molecule has 0 bridgehead atoms. The Kier molecular flexibility index (Phi) is 6.97. The number of amides is 2. The molecule has 2 amide bonds. The number of carbonyl (C=O) groups excluding carboxylic acids is 2. The summed E-state index contributed by atoms with van der Waals surface area (Å²) in [5.41, 5.74) is 0.294. The second-order valence-corrected chi connectivity index (χ2v) is 6.50. The second-order valence-electron chi connectivity index (χ2n) is 6.50. The van der Waals surface area contributed by atoms with E-state index in [4.69, 9.17) is 4.74 Å². The third kappa shape index (κ3) is 5.88. The minimum absolute atomic E-state index is 0.0266. The van der Waals surface area contributed by atoms with Crippen LogP contribution in [-0.2, 0) is 4.74 Å². The molecule has 1 aliphatic rings. The molecule has 0 saturated carbocycles. The molecule has 1 aliphatic heterocycles. The fourth-order valence-corrected chi connectivity index (χ4v) is 2.53. The van der Waals surface area contributed by atoms with Gasteiger partial charge in [0.15, 0.2) is 0 Å². The molecule has 2 rings (SSSR count). The number of hydrogen-bond acceptors (Lipinski definition) is 6. The van der Waals surface area contributed by atoms with Crippen LogP contribution in [0.1, 0.15) is 44.1 Å². The van der Waals surface area contributed by atoms with Crippen molar-refractivity contribution in [2.45, 2.75) is 39.7 Å². The SMILES string of the molecule is CCOC(=O)N1CCC(NC(=O)c2cnc(NCC(C)C)cn2)CC1. The first-order valence-electron chi connectivity index (χ1n) is 8.78. The highest BCUT2D eigenvalue weighted by atomic mass is 16.6. The number of carbonyl (C=O) groups is 2. The smallest absolute Gasteiger partial charge is 0.409 e. The highest BCUT2D eigenvalue weighted by Gasteiger charge is 2.25. The number of anilines is 1. The van der Waals surface area contributed by atoms with Gasteiger partial charge in [0.1, 0.15) is 11.5 Å². The molecule has 2 heterocycles. The van der Waals surface area contributed by atoms with E-state index in [-0.39, 0.29) is 18.0 Å². The zero-order valence-electron chi connectivity index (χ0n) is 15.1. The second kappa shape index (κ2) is 9.19. The average molecular weight is 349 g/mol. The Morgan fingerprint density at radius 3 is 2.56 bits per heavy atom. The van der Waals surface area contributed by atoms with Crippen molar-refractivity contribution < 1.29 is 14.3 Å². The van der Waals surface area contributed by atoms with E-state index in [2.05, 4.69) is 34.4 Å². The van der Waals surface area contributed by atoms with E-state index in [1.165, 1.54) is 6.20 Å². The Hall–Kier alpha value is -2.38. The van der Waals surface area contributed by atoms with Gasteiger partial charge in [-0.3, -0.25) is 4.79 Å². The lowest BCUT2D eigenvalue weighted by molar-refractivity contribution is 0.0856. The molecule has 8 nitrogen and oxygen atoms in total. The van der Waals surface area contributed by atoms with Crippen LogP contribution in [0, 0.1) is 5.92 Å². The summed E-state index contributed by atoms with van der Waals surface area (Å²) in [4.78, 5) is 34.0. The van der Waals surface area contributed by atoms with Crippen molar-refractivity contribution >= 4 is 17.8 Å². The third-order valence-electron chi connectivity index (χ3n) is 3.93. The van der Waals surface area contributed by atoms with Crippen molar-refractivity contribution in [3.63, 3.8) is 0 Å². The van der Waals surface area contributed by atoms with Crippen molar-refractivity contribution in [1.29, 1.82) is 0 Å². The van der Waals surface area contributed by atoms with Crippen molar-refractivity contribution in [2.24, 2.45) is 5.92 Å². The predicted octanol–water partition coefficient (Wildman–Crippen LogP) is 1.90. The van der Waals surface area contributed by atoms with Gasteiger partial charge in [0, 0.05) is 25.7 Å². The van der Waals surface area contributed by atoms with Gasteiger partial charge >= 0.3 is 6.09 Å². The van der Waals surface area contributed by atoms with Crippen LogP contribution in [0.3, 0.4) is 0 Å². The summed E-state index contributed by atoms with van der Waals surface area (Å²) in [5, 5.41) is 6.12. The number of ether oxygens (including phenoxy) is 1. The van der Waals surface area contributed by atoms with E-state index in [9.17, 15) is 9.59 Å². The molecule has 1 fully saturated rings. The minimum atomic E-state index is -0.289. The summed E-state index contributed by atoms with van der Waals surface area (Å²) < 4.78 is 4.99. The van der Waals surface area contributed by atoms with Gasteiger partial charge in [-0.25, -0.2) is 14.8 Å². The van der Waals surface area contributed by atoms with E-state index in [1.54, 1.807) is 18.0 Å². The minimum Gasteiger partial charge on any atom is -0.450 e. The maximum Gasteiger partial charge on any atom is 0.409 e. The van der Waals surface area contributed by atoms with Crippen molar-refractivity contribution in [2.75, 3.05) is 31.6 Å². The molecule has 0 unspecified atom stereocenters. The van der Waals surface area contributed by atoms with Crippen molar-refractivity contribution in [1.82, 2.24) is 20.2 Å². The molecule has 1 aromatic rings. The summed E-state index contributed by atoms with van der Waals surface area (Å²) in [6.07, 6.45) is 4.16. The third-order valence-corrected chi connectivity index (χ3v) is 3.93. The first-order valence-corrected chi connectivity index (χ1v) is 8.78. The van der Waals surface area contributed by atoms with Gasteiger partial charge in [0.25, 0.3) is 5.91 Å². The average Bonchev–Trinajstić information content (AvgIpc) is 2.61. The van der Waals surface area contributed by atoms with Gasteiger partial charge in [-0.05, 0) is 25.7 Å².